The van der Waals surface area contributed by atoms with Gasteiger partial charge in [0, 0.05) is 18.5 Å². The second-order valence-electron chi connectivity index (χ2n) is 7.15. The zero-order valence-electron chi connectivity index (χ0n) is 15.5. The van der Waals surface area contributed by atoms with Gasteiger partial charge in [0.15, 0.2) is 5.17 Å². The normalized spacial score (nSPS) is 18.4. The standard InChI is InChI=1S/C20H31FN2S/c1-5-11-20(12-6-2)14-23(15-20)19(24-4)22-16(3)13-17-7-9-18(21)10-8-17/h7-10,16H,5-6,11-15H2,1-4H3/b22-19-. The molecule has 1 aliphatic heterocycles. The first-order chi connectivity index (χ1) is 11.5. The molecule has 4 heteroatoms. The molecule has 1 saturated heterocycles. The molecule has 1 aliphatic rings. The number of nitrogens with zero attached hydrogens (tertiary/aromatic N) is 2. The second-order valence-corrected chi connectivity index (χ2v) is 7.92. The van der Waals surface area contributed by atoms with E-state index in [0.29, 0.717) is 5.41 Å². The maximum Gasteiger partial charge on any atom is 0.159 e. The van der Waals surface area contributed by atoms with E-state index < -0.39 is 0 Å². The van der Waals surface area contributed by atoms with Crippen LogP contribution in [0.25, 0.3) is 0 Å². The SMILES string of the molecule is CCCC1(CCC)CN(/C(=N/C(C)Cc2ccc(F)cc2)SC)C1. The van der Waals surface area contributed by atoms with Gasteiger partial charge in [-0.1, -0.05) is 50.6 Å². The first-order valence-electron chi connectivity index (χ1n) is 9.13. The molecule has 1 heterocycles. The van der Waals surface area contributed by atoms with Gasteiger partial charge in [-0.3, -0.25) is 4.99 Å². The molecule has 0 spiro atoms. The molecule has 1 aromatic rings. The minimum Gasteiger partial charge on any atom is -0.350 e. The molecule has 134 valence electrons. The first kappa shape index (κ1) is 19.3. The molecule has 1 atom stereocenters. The van der Waals surface area contributed by atoms with E-state index >= 15 is 0 Å². The van der Waals surface area contributed by atoms with Gasteiger partial charge < -0.3 is 4.90 Å². The van der Waals surface area contributed by atoms with E-state index in [1.54, 1.807) is 11.8 Å². The summed E-state index contributed by atoms with van der Waals surface area (Å²) >= 11 is 1.75. The van der Waals surface area contributed by atoms with E-state index in [4.69, 9.17) is 4.99 Å². The Bertz CT molecular complexity index is 527. The highest BCUT2D eigenvalue weighted by atomic mass is 32.2. The Morgan fingerprint density at radius 1 is 1.21 bits per heavy atom. The Labute approximate surface area is 150 Å². The van der Waals surface area contributed by atoms with Crippen LogP contribution in [0.4, 0.5) is 4.39 Å². The molecule has 2 rings (SSSR count). The maximum absolute atomic E-state index is 13.0. The van der Waals surface area contributed by atoms with Crippen molar-refractivity contribution in [3.63, 3.8) is 0 Å². The highest BCUT2D eigenvalue weighted by Crippen LogP contribution is 2.40. The van der Waals surface area contributed by atoms with E-state index in [1.165, 1.54) is 37.8 Å². The third kappa shape index (κ3) is 4.98. The molecule has 0 N–H and O–H groups in total. The van der Waals surface area contributed by atoms with Gasteiger partial charge in [0.05, 0.1) is 6.04 Å². The zero-order valence-corrected chi connectivity index (χ0v) is 16.3. The van der Waals surface area contributed by atoms with Crippen LogP contribution in [0.3, 0.4) is 0 Å². The number of hydrogen-bond donors (Lipinski definition) is 0. The molecule has 0 bridgehead atoms. The van der Waals surface area contributed by atoms with Crippen molar-refractivity contribution in [2.75, 3.05) is 19.3 Å². The second kappa shape index (κ2) is 8.89. The smallest absolute Gasteiger partial charge is 0.159 e. The summed E-state index contributed by atoms with van der Waals surface area (Å²) in [4.78, 5) is 7.37. The van der Waals surface area contributed by atoms with Crippen molar-refractivity contribution < 1.29 is 4.39 Å². The van der Waals surface area contributed by atoms with Crippen LogP contribution in [0.1, 0.15) is 52.0 Å². The Balaban J connectivity index is 1.95. The van der Waals surface area contributed by atoms with Crippen LogP contribution in [-0.2, 0) is 6.42 Å². The van der Waals surface area contributed by atoms with E-state index in [9.17, 15) is 4.39 Å². The summed E-state index contributed by atoms with van der Waals surface area (Å²) in [5.74, 6) is -0.177. The summed E-state index contributed by atoms with van der Waals surface area (Å²) in [6, 6.07) is 6.99. The number of halogens is 1. The number of benzene rings is 1. The molecule has 0 amide bonds. The predicted molar refractivity (Wildman–Crippen MR) is 104 cm³/mol. The van der Waals surface area contributed by atoms with Crippen LogP contribution in [0.15, 0.2) is 29.3 Å². The summed E-state index contributed by atoms with van der Waals surface area (Å²) in [6.45, 7) is 9.02. The fraction of sp³-hybridized carbons (Fsp3) is 0.650. The van der Waals surface area contributed by atoms with Gasteiger partial charge in [-0.05, 0) is 50.1 Å². The van der Waals surface area contributed by atoms with Crippen LogP contribution >= 0.6 is 11.8 Å². The van der Waals surface area contributed by atoms with Gasteiger partial charge in [-0.15, -0.1) is 0 Å². The van der Waals surface area contributed by atoms with Crippen molar-refractivity contribution in [3.8, 4) is 0 Å². The number of likely N-dealkylation sites (tertiary alicyclic amines) is 1. The summed E-state index contributed by atoms with van der Waals surface area (Å²) < 4.78 is 13.0. The fourth-order valence-corrected chi connectivity index (χ4v) is 4.53. The van der Waals surface area contributed by atoms with Gasteiger partial charge in [0.25, 0.3) is 0 Å². The summed E-state index contributed by atoms with van der Waals surface area (Å²) in [5, 5.41) is 1.16. The predicted octanol–water partition coefficient (Wildman–Crippen LogP) is 5.38. The Morgan fingerprint density at radius 2 is 1.79 bits per heavy atom. The highest BCUT2D eigenvalue weighted by molar-refractivity contribution is 8.13. The van der Waals surface area contributed by atoms with Gasteiger partial charge >= 0.3 is 0 Å². The zero-order chi connectivity index (χ0) is 17.6. The summed E-state index contributed by atoms with van der Waals surface area (Å²) in [6.07, 6.45) is 8.14. The lowest BCUT2D eigenvalue weighted by atomic mass is 9.73. The molecule has 2 nitrogen and oxygen atoms in total. The molecule has 0 aliphatic carbocycles. The van der Waals surface area contributed by atoms with E-state index in [2.05, 4.69) is 31.9 Å². The Morgan fingerprint density at radius 3 is 2.29 bits per heavy atom. The number of rotatable bonds is 7. The van der Waals surface area contributed by atoms with Gasteiger partial charge in [-0.2, -0.15) is 0 Å². The van der Waals surface area contributed by atoms with Crippen LogP contribution in [0.5, 0.6) is 0 Å². The van der Waals surface area contributed by atoms with E-state index in [-0.39, 0.29) is 11.9 Å². The lowest BCUT2D eigenvalue weighted by Gasteiger charge is -2.52. The highest BCUT2D eigenvalue weighted by Gasteiger charge is 2.42. The lowest BCUT2D eigenvalue weighted by Crippen LogP contribution is -2.57. The molecule has 0 radical (unpaired) electrons. The molecule has 0 saturated carbocycles. The quantitative estimate of drug-likeness (QED) is 0.485. The Kier molecular flexibility index (Phi) is 7.15. The third-order valence-electron chi connectivity index (χ3n) is 4.84. The van der Waals surface area contributed by atoms with Crippen LogP contribution in [0, 0.1) is 11.2 Å². The van der Waals surface area contributed by atoms with Crippen molar-refractivity contribution in [3.05, 3.63) is 35.6 Å². The van der Waals surface area contributed by atoms with Crippen molar-refractivity contribution in [2.45, 2.75) is 58.9 Å². The number of thioether (sulfide) groups is 1. The molecule has 1 aromatic carbocycles. The molecule has 1 unspecified atom stereocenters. The van der Waals surface area contributed by atoms with Crippen molar-refractivity contribution in [1.82, 2.24) is 4.90 Å². The van der Waals surface area contributed by atoms with Crippen LogP contribution in [0.2, 0.25) is 0 Å². The number of aliphatic imine (C=N–C) groups is 1. The summed E-state index contributed by atoms with van der Waals surface area (Å²) in [7, 11) is 0. The van der Waals surface area contributed by atoms with Crippen molar-refractivity contribution in [1.29, 1.82) is 0 Å². The summed E-state index contributed by atoms with van der Waals surface area (Å²) in [5.41, 5.74) is 1.66. The largest absolute Gasteiger partial charge is 0.350 e. The van der Waals surface area contributed by atoms with Gasteiger partial charge in [0.1, 0.15) is 5.82 Å². The average molecular weight is 351 g/mol. The lowest BCUT2D eigenvalue weighted by molar-refractivity contribution is 0.0411. The molecular formula is C20H31FN2S. The third-order valence-corrected chi connectivity index (χ3v) is 5.57. The molecular weight excluding hydrogens is 319 g/mol. The van der Waals surface area contributed by atoms with Gasteiger partial charge in [0.2, 0.25) is 0 Å². The topological polar surface area (TPSA) is 15.6 Å². The van der Waals surface area contributed by atoms with Crippen LogP contribution in [-0.4, -0.2) is 35.5 Å². The van der Waals surface area contributed by atoms with Gasteiger partial charge in [-0.25, -0.2) is 4.39 Å². The average Bonchev–Trinajstić information content (AvgIpc) is 2.52. The van der Waals surface area contributed by atoms with Crippen LogP contribution < -0.4 is 0 Å². The van der Waals surface area contributed by atoms with Crippen molar-refractivity contribution >= 4 is 16.9 Å². The maximum atomic E-state index is 13.0. The van der Waals surface area contributed by atoms with E-state index in [0.717, 1.165) is 30.2 Å². The molecule has 24 heavy (non-hydrogen) atoms. The number of amidine groups is 1. The minimum absolute atomic E-state index is 0.177. The fourth-order valence-electron chi connectivity index (χ4n) is 3.86. The van der Waals surface area contributed by atoms with E-state index in [1.807, 2.05) is 12.1 Å². The minimum atomic E-state index is -0.177. The van der Waals surface area contributed by atoms with Crippen molar-refractivity contribution in [2.24, 2.45) is 10.4 Å². The molecule has 0 aromatic heterocycles. The number of hydrogen-bond acceptors (Lipinski definition) is 2. The monoisotopic (exact) mass is 350 g/mol. The first-order valence-corrected chi connectivity index (χ1v) is 10.4. The molecule has 1 fully saturated rings. The Hall–Kier alpha value is -1.03.